The van der Waals surface area contributed by atoms with Crippen molar-refractivity contribution in [1.29, 1.82) is 0 Å². The second-order valence-electron chi connectivity index (χ2n) is 4.00. The molecule has 0 bridgehead atoms. The number of nitro groups is 1. The van der Waals surface area contributed by atoms with E-state index in [1.807, 2.05) is 35.7 Å². The Labute approximate surface area is 125 Å². The maximum Gasteiger partial charge on any atom is 0.324 e. The molecule has 1 heterocycles. The number of anilines is 1. The van der Waals surface area contributed by atoms with Crippen LogP contribution in [0.1, 0.15) is 5.56 Å². The van der Waals surface area contributed by atoms with Crippen LogP contribution in [-0.2, 0) is 6.54 Å². The first-order chi connectivity index (χ1) is 9.70. The van der Waals surface area contributed by atoms with Gasteiger partial charge < -0.3 is 5.32 Å². The van der Waals surface area contributed by atoms with Crippen molar-refractivity contribution >= 4 is 33.8 Å². The molecule has 0 atom stereocenters. The van der Waals surface area contributed by atoms with Gasteiger partial charge in [0, 0.05) is 34.3 Å². The molecule has 0 fully saturated rings. The monoisotopic (exact) mass is 306 g/mol. The number of para-hydroxylation sites is 1. The number of hydrogen-bond acceptors (Lipinski definition) is 5. The van der Waals surface area contributed by atoms with Crippen LogP contribution >= 0.6 is 23.1 Å². The van der Waals surface area contributed by atoms with Gasteiger partial charge in [0.1, 0.15) is 0 Å². The van der Waals surface area contributed by atoms with Crippen molar-refractivity contribution in [2.45, 2.75) is 11.4 Å². The van der Waals surface area contributed by atoms with Crippen LogP contribution in [0.15, 0.2) is 53.3 Å². The summed E-state index contributed by atoms with van der Waals surface area (Å²) in [5, 5.41) is 16.0. The number of hydrogen-bond donors (Lipinski definition) is 1. The molecule has 0 saturated heterocycles. The molecule has 1 aromatic heterocycles. The van der Waals surface area contributed by atoms with Crippen LogP contribution in [0.5, 0.6) is 0 Å². The van der Waals surface area contributed by atoms with Crippen molar-refractivity contribution in [3.8, 4) is 0 Å². The average Bonchev–Trinajstić information content (AvgIpc) is 2.93. The molecule has 104 valence electrons. The van der Waals surface area contributed by atoms with Gasteiger partial charge in [0.2, 0.25) is 0 Å². The van der Waals surface area contributed by atoms with Gasteiger partial charge in [-0.15, -0.1) is 18.3 Å². The van der Waals surface area contributed by atoms with Crippen LogP contribution in [-0.4, -0.2) is 10.7 Å². The molecule has 0 aliphatic heterocycles. The van der Waals surface area contributed by atoms with Crippen LogP contribution < -0.4 is 5.32 Å². The van der Waals surface area contributed by atoms with Crippen molar-refractivity contribution < 1.29 is 4.92 Å². The Hall–Kier alpha value is -1.79. The van der Waals surface area contributed by atoms with E-state index in [0.29, 0.717) is 6.54 Å². The summed E-state index contributed by atoms with van der Waals surface area (Å²) in [5.41, 5.74) is 1.96. The van der Waals surface area contributed by atoms with Crippen molar-refractivity contribution in [2.75, 3.05) is 11.1 Å². The third-order valence-corrected chi connectivity index (χ3v) is 4.54. The standard InChI is InChI=1S/C14H14N2O2S2/c1-2-7-19-13-6-4-3-5-12(13)15-9-11-8-14(16(17)18)20-10-11/h2-6,8,10,15H,1,7,9H2. The van der Waals surface area contributed by atoms with E-state index in [9.17, 15) is 10.1 Å². The number of thiophene rings is 1. The van der Waals surface area contributed by atoms with Crippen LogP contribution in [0.4, 0.5) is 10.7 Å². The van der Waals surface area contributed by atoms with Gasteiger partial charge >= 0.3 is 5.00 Å². The fourth-order valence-corrected chi connectivity index (χ4v) is 3.13. The van der Waals surface area contributed by atoms with Crippen molar-refractivity contribution in [1.82, 2.24) is 0 Å². The third kappa shape index (κ3) is 3.85. The zero-order valence-corrected chi connectivity index (χ0v) is 12.4. The summed E-state index contributed by atoms with van der Waals surface area (Å²) >= 11 is 2.86. The number of nitrogens with one attached hydrogen (secondary N) is 1. The normalized spacial score (nSPS) is 10.2. The smallest absolute Gasteiger partial charge is 0.324 e. The largest absolute Gasteiger partial charge is 0.380 e. The molecule has 20 heavy (non-hydrogen) atoms. The van der Waals surface area contributed by atoms with Crippen LogP contribution in [0.2, 0.25) is 0 Å². The summed E-state index contributed by atoms with van der Waals surface area (Å²) in [4.78, 5) is 11.4. The quantitative estimate of drug-likeness (QED) is 0.353. The number of thioether (sulfide) groups is 1. The molecule has 6 heteroatoms. The summed E-state index contributed by atoms with van der Waals surface area (Å²) < 4.78 is 0. The van der Waals surface area contributed by atoms with Gasteiger partial charge in [0.15, 0.2) is 0 Å². The number of rotatable bonds is 7. The van der Waals surface area contributed by atoms with Crippen LogP contribution in [0, 0.1) is 10.1 Å². The first-order valence-electron chi connectivity index (χ1n) is 5.99. The molecule has 1 N–H and O–H groups in total. The van der Waals surface area contributed by atoms with Gasteiger partial charge in [0.25, 0.3) is 0 Å². The highest BCUT2D eigenvalue weighted by molar-refractivity contribution is 7.99. The lowest BCUT2D eigenvalue weighted by Gasteiger charge is -2.10. The Kier molecular flexibility index (Phi) is 5.20. The summed E-state index contributed by atoms with van der Waals surface area (Å²) in [6.45, 7) is 4.29. The minimum atomic E-state index is -0.359. The molecule has 0 unspecified atom stereocenters. The zero-order valence-electron chi connectivity index (χ0n) is 10.7. The maximum atomic E-state index is 10.6. The first kappa shape index (κ1) is 14.6. The van der Waals surface area contributed by atoms with Crippen molar-refractivity contribution in [2.24, 2.45) is 0 Å². The van der Waals surface area contributed by atoms with Crippen molar-refractivity contribution in [3.05, 3.63) is 64.0 Å². The topological polar surface area (TPSA) is 55.2 Å². The van der Waals surface area contributed by atoms with E-state index in [-0.39, 0.29) is 9.92 Å². The lowest BCUT2D eigenvalue weighted by molar-refractivity contribution is -0.380. The Bertz CT molecular complexity index is 611. The van der Waals surface area contributed by atoms with Gasteiger partial charge in [-0.1, -0.05) is 29.5 Å². The second-order valence-corrected chi connectivity index (χ2v) is 5.95. The molecular formula is C14H14N2O2S2. The Morgan fingerprint density at radius 2 is 2.25 bits per heavy atom. The number of nitrogens with zero attached hydrogens (tertiary/aromatic N) is 1. The van der Waals surface area contributed by atoms with E-state index < -0.39 is 0 Å². The Morgan fingerprint density at radius 3 is 2.95 bits per heavy atom. The predicted molar refractivity (Wildman–Crippen MR) is 85.7 cm³/mol. The highest BCUT2D eigenvalue weighted by atomic mass is 32.2. The second kappa shape index (κ2) is 7.12. The summed E-state index contributed by atoms with van der Waals surface area (Å²) in [6.07, 6.45) is 1.86. The third-order valence-electron chi connectivity index (χ3n) is 2.55. The minimum Gasteiger partial charge on any atom is -0.380 e. The highest BCUT2D eigenvalue weighted by Crippen LogP contribution is 2.28. The summed E-state index contributed by atoms with van der Waals surface area (Å²) in [7, 11) is 0. The zero-order chi connectivity index (χ0) is 14.4. The minimum absolute atomic E-state index is 0.177. The first-order valence-corrected chi connectivity index (χ1v) is 7.85. The fourth-order valence-electron chi connectivity index (χ4n) is 1.64. The lowest BCUT2D eigenvalue weighted by atomic mass is 10.3. The average molecular weight is 306 g/mol. The SMILES string of the molecule is C=CCSc1ccccc1NCc1csc([N+](=O)[O-])c1. The molecule has 2 aromatic rings. The molecule has 0 aliphatic rings. The van der Waals surface area contributed by atoms with Gasteiger partial charge in [-0.05, 0) is 17.7 Å². The molecule has 0 amide bonds. The highest BCUT2D eigenvalue weighted by Gasteiger charge is 2.09. The molecule has 1 aromatic carbocycles. The Balaban J connectivity index is 2.02. The summed E-state index contributed by atoms with van der Waals surface area (Å²) in [6, 6.07) is 9.62. The van der Waals surface area contributed by atoms with Gasteiger partial charge in [-0.3, -0.25) is 10.1 Å². The van der Waals surface area contributed by atoms with Crippen LogP contribution in [0.25, 0.3) is 0 Å². The Morgan fingerprint density at radius 1 is 1.45 bits per heavy atom. The van der Waals surface area contributed by atoms with Crippen LogP contribution in [0.3, 0.4) is 0 Å². The fraction of sp³-hybridized carbons (Fsp3) is 0.143. The van der Waals surface area contributed by atoms with E-state index in [1.54, 1.807) is 17.8 Å². The summed E-state index contributed by atoms with van der Waals surface area (Å²) in [5.74, 6) is 0.850. The molecule has 0 radical (unpaired) electrons. The van der Waals surface area contributed by atoms with E-state index >= 15 is 0 Å². The predicted octanol–water partition coefficient (Wildman–Crippen LogP) is 4.55. The van der Waals surface area contributed by atoms with Gasteiger partial charge in [-0.25, -0.2) is 0 Å². The lowest BCUT2D eigenvalue weighted by Crippen LogP contribution is -1.99. The molecule has 2 rings (SSSR count). The van der Waals surface area contributed by atoms with E-state index in [4.69, 9.17) is 0 Å². The maximum absolute atomic E-state index is 10.6. The van der Waals surface area contributed by atoms with E-state index in [0.717, 1.165) is 33.2 Å². The van der Waals surface area contributed by atoms with Crippen molar-refractivity contribution in [3.63, 3.8) is 0 Å². The molecule has 0 saturated carbocycles. The number of benzene rings is 1. The molecule has 4 nitrogen and oxygen atoms in total. The molecular weight excluding hydrogens is 292 g/mol. The van der Waals surface area contributed by atoms with E-state index in [2.05, 4.69) is 11.9 Å². The van der Waals surface area contributed by atoms with E-state index in [1.165, 1.54) is 0 Å². The van der Waals surface area contributed by atoms with Gasteiger partial charge in [-0.2, -0.15) is 0 Å². The molecule has 0 spiro atoms. The van der Waals surface area contributed by atoms with Gasteiger partial charge in [0.05, 0.1) is 4.92 Å². The molecule has 0 aliphatic carbocycles.